The summed E-state index contributed by atoms with van der Waals surface area (Å²) in [5.41, 5.74) is -1.89. The predicted octanol–water partition coefficient (Wildman–Crippen LogP) is 4.36. The van der Waals surface area contributed by atoms with Crippen LogP contribution < -0.4 is 4.90 Å². The number of phenols is 1. The predicted molar refractivity (Wildman–Crippen MR) is 113 cm³/mol. The average molecular weight is 486 g/mol. The van der Waals surface area contributed by atoms with Gasteiger partial charge in [-0.3, -0.25) is 0 Å². The zero-order valence-corrected chi connectivity index (χ0v) is 18.5. The lowest BCUT2D eigenvalue weighted by molar-refractivity contribution is -0.140. The maximum atomic E-state index is 14.6. The van der Waals surface area contributed by atoms with Crippen LogP contribution in [0.1, 0.15) is 24.1 Å². The van der Waals surface area contributed by atoms with E-state index in [9.17, 15) is 27.1 Å². The third-order valence-corrected chi connectivity index (χ3v) is 5.84. The van der Waals surface area contributed by atoms with E-state index in [1.54, 1.807) is 20.1 Å². The fourth-order valence-corrected chi connectivity index (χ4v) is 4.03. The van der Waals surface area contributed by atoms with Crippen molar-refractivity contribution in [2.24, 2.45) is 0 Å². The molecule has 0 amide bonds. The van der Waals surface area contributed by atoms with Gasteiger partial charge in [-0.15, -0.1) is 0 Å². The van der Waals surface area contributed by atoms with Crippen molar-refractivity contribution in [3.05, 3.63) is 41.2 Å². The number of hydrogen-bond donors (Lipinski definition) is 1. The van der Waals surface area contributed by atoms with Crippen LogP contribution in [-0.4, -0.2) is 59.4 Å². The Bertz CT molecular complexity index is 1190. The van der Waals surface area contributed by atoms with Crippen LogP contribution in [0, 0.1) is 18.6 Å². The second-order valence-corrected chi connectivity index (χ2v) is 8.02. The number of halogens is 5. The van der Waals surface area contributed by atoms with Crippen molar-refractivity contribution in [2.75, 3.05) is 38.3 Å². The van der Waals surface area contributed by atoms with Gasteiger partial charge in [-0.2, -0.15) is 18.3 Å². The highest BCUT2D eigenvalue weighted by Crippen LogP contribution is 2.39. The Morgan fingerprint density at radius 2 is 1.82 bits per heavy atom. The van der Waals surface area contributed by atoms with Crippen molar-refractivity contribution in [1.82, 2.24) is 14.8 Å². The molecular formula is C22H23F5N4O3. The number of anilines is 1. The topological polar surface area (TPSA) is 72.6 Å². The standard InChI is InChI=1S/C22H23F5N4O3/c1-12-14-9-18(30-5-3-13(4-6-30)34-8-7-33-2)28-11-17(14)31(29-12)16-10-15(22(25,26)27)19(23)21(32)20(16)24/h9-11,13,32H,3-8H2,1-2H3. The highest BCUT2D eigenvalue weighted by molar-refractivity contribution is 5.85. The maximum absolute atomic E-state index is 14.6. The van der Waals surface area contributed by atoms with Crippen LogP contribution in [0.3, 0.4) is 0 Å². The summed E-state index contributed by atoms with van der Waals surface area (Å²) in [5.74, 6) is -4.69. The van der Waals surface area contributed by atoms with Crippen molar-refractivity contribution in [3.8, 4) is 11.4 Å². The molecule has 7 nitrogen and oxygen atoms in total. The van der Waals surface area contributed by atoms with E-state index in [4.69, 9.17) is 9.47 Å². The van der Waals surface area contributed by atoms with Crippen LogP contribution in [0.4, 0.5) is 27.8 Å². The number of rotatable bonds is 6. The van der Waals surface area contributed by atoms with Crippen LogP contribution in [0.5, 0.6) is 5.75 Å². The first-order valence-electron chi connectivity index (χ1n) is 10.6. The second-order valence-electron chi connectivity index (χ2n) is 8.02. The van der Waals surface area contributed by atoms with Crippen molar-refractivity contribution < 1.29 is 36.5 Å². The molecule has 0 unspecified atom stereocenters. The Morgan fingerprint density at radius 3 is 2.47 bits per heavy atom. The number of methoxy groups -OCH3 is 1. The maximum Gasteiger partial charge on any atom is 0.419 e. The number of pyridine rings is 1. The molecule has 12 heteroatoms. The molecule has 1 aliphatic rings. The number of piperidine rings is 1. The normalized spacial score (nSPS) is 15.4. The van der Waals surface area contributed by atoms with Gasteiger partial charge in [-0.1, -0.05) is 0 Å². The molecule has 1 aromatic carbocycles. The van der Waals surface area contributed by atoms with Crippen molar-refractivity contribution in [1.29, 1.82) is 0 Å². The molecule has 1 fully saturated rings. The van der Waals surface area contributed by atoms with Crippen LogP contribution in [0.2, 0.25) is 0 Å². The Kier molecular flexibility index (Phi) is 6.63. The lowest BCUT2D eigenvalue weighted by Gasteiger charge is -2.32. The van der Waals surface area contributed by atoms with E-state index in [1.165, 1.54) is 6.20 Å². The van der Waals surface area contributed by atoms with Gasteiger partial charge in [0.2, 0.25) is 0 Å². The van der Waals surface area contributed by atoms with E-state index in [-0.39, 0.29) is 11.6 Å². The first kappa shape index (κ1) is 24.1. The molecule has 1 aliphatic heterocycles. The number of hydrogen-bond acceptors (Lipinski definition) is 6. The second kappa shape index (κ2) is 9.34. The summed E-state index contributed by atoms with van der Waals surface area (Å²) in [7, 11) is 1.61. The Balaban J connectivity index is 1.65. The van der Waals surface area contributed by atoms with Gasteiger partial charge in [0.1, 0.15) is 11.5 Å². The molecule has 0 aliphatic carbocycles. The number of ether oxygens (including phenoxy) is 2. The van der Waals surface area contributed by atoms with E-state index in [0.717, 1.165) is 17.5 Å². The van der Waals surface area contributed by atoms with Crippen molar-refractivity contribution in [3.63, 3.8) is 0 Å². The monoisotopic (exact) mass is 486 g/mol. The van der Waals surface area contributed by atoms with Crippen LogP contribution in [0.25, 0.3) is 16.6 Å². The van der Waals surface area contributed by atoms with Gasteiger partial charge in [0.05, 0.1) is 42.3 Å². The number of aromatic hydroxyl groups is 1. The number of aromatic nitrogens is 3. The fraction of sp³-hybridized carbons (Fsp3) is 0.455. The van der Waals surface area contributed by atoms with Gasteiger partial charge in [0, 0.05) is 25.6 Å². The number of alkyl halides is 3. The number of aryl methyl sites for hydroxylation is 1. The van der Waals surface area contributed by atoms with Crippen LogP contribution in [-0.2, 0) is 15.7 Å². The smallest absolute Gasteiger partial charge is 0.419 e. The summed E-state index contributed by atoms with van der Waals surface area (Å²) in [6.07, 6.45) is -2.05. The minimum Gasteiger partial charge on any atom is -0.503 e. The molecule has 3 aromatic rings. The lowest BCUT2D eigenvalue weighted by atomic mass is 10.1. The summed E-state index contributed by atoms with van der Waals surface area (Å²) in [5, 5.41) is 14.3. The molecule has 0 saturated carbocycles. The zero-order chi connectivity index (χ0) is 24.6. The van der Waals surface area contributed by atoms with Crippen molar-refractivity contribution in [2.45, 2.75) is 32.0 Å². The lowest BCUT2D eigenvalue weighted by Crippen LogP contribution is -2.37. The summed E-state index contributed by atoms with van der Waals surface area (Å²) in [6, 6.07) is 2.02. The van der Waals surface area contributed by atoms with Gasteiger partial charge < -0.3 is 19.5 Å². The highest BCUT2D eigenvalue weighted by Gasteiger charge is 2.38. The number of fused-ring (bicyclic) bond motifs is 1. The number of nitrogens with zero attached hydrogens (tertiary/aromatic N) is 4. The van der Waals surface area contributed by atoms with Crippen LogP contribution >= 0.6 is 0 Å². The first-order valence-corrected chi connectivity index (χ1v) is 10.6. The quantitative estimate of drug-likeness (QED) is 0.412. The molecule has 34 heavy (non-hydrogen) atoms. The summed E-state index contributed by atoms with van der Waals surface area (Å²) < 4.78 is 79.8. The zero-order valence-electron chi connectivity index (χ0n) is 18.5. The Morgan fingerprint density at radius 1 is 1.12 bits per heavy atom. The number of benzene rings is 1. The Labute approximate surface area is 191 Å². The third-order valence-electron chi connectivity index (χ3n) is 5.84. The van der Waals surface area contributed by atoms with Gasteiger partial charge in [-0.25, -0.2) is 18.4 Å². The van der Waals surface area contributed by atoms with Gasteiger partial charge in [0.25, 0.3) is 0 Å². The molecule has 2 aromatic heterocycles. The van der Waals surface area contributed by atoms with E-state index in [2.05, 4.69) is 15.0 Å². The largest absolute Gasteiger partial charge is 0.503 e. The highest BCUT2D eigenvalue weighted by atomic mass is 19.4. The number of phenolic OH excluding ortho intramolecular Hbond substituents is 1. The minimum absolute atomic E-state index is 0.122. The van der Waals surface area contributed by atoms with Gasteiger partial charge in [-0.05, 0) is 31.9 Å². The molecule has 1 N–H and O–H groups in total. The SMILES string of the molecule is COCCOC1CCN(c2cc3c(C)nn(-c4cc(C(F)(F)F)c(F)c(O)c4F)c3cn2)CC1. The van der Waals surface area contributed by atoms with E-state index >= 15 is 0 Å². The Hall–Kier alpha value is -2.99. The fourth-order valence-electron chi connectivity index (χ4n) is 4.03. The van der Waals surface area contributed by atoms with E-state index < -0.39 is 34.8 Å². The third kappa shape index (κ3) is 4.51. The first-order chi connectivity index (χ1) is 16.1. The molecule has 1 saturated heterocycles. The molecular weight excluding hydrogens is 463 g/mol. The molecule has 184 valence electrons. The summed E-state index contributed by atoms with van der Waals surface area (Å²) >= 11 is 0. The molecule has 0 atom stereocenters. The summed E-state index contributed by atoms with van der Waals surface area (Å²) in [6.45, 7) is 4.05. The minimum atomic E-state index is -5.13. The molecule has 0 spiro atoms. The summed E-state index contributed by atoms with van der Waals surface area (Å²) in [4.78, 5) is 6.45. The van der Waals surface area contributed by atoms with Crippen molar-refractivity contribution >= 4 is 16.7 Å². The molecule has 3 heterocycles. The van der Waals surface area contributed by atoms with Gasteiger partial charge in [0.15, 0.2) is 17.4 Å². The van der Waals surface area contributed by atoms with Crippen LogP contribution in [0.15, 0.2) is 18.3 Å². The average Bonchev–Trinajstić information content (AvgIpc) is 3.13. The molecule has 0 radical (unpaired) electrons. The molecule has 0 bridgehead atoms. The van der Waals surface area contributed by atoms with E-state index in [0.29, 0.717) is 49.3 Å². The van der Waals surface area contributed by atoms with Gasteiger partial charge >= 0.3 is 6.18 Å². The van der Waals surface area contributed by atoms with E-state index in [1.807, 2.05) is 0 Å². The molecule has 4 rings (SSSR count).